The van der Waals surface area contributed by atoms with Crippen LogP contribution in [0.25, 0.3) is 16.7 Å². The molecule has 0 saturated heterocycles. The molecule has 0 N–H and O–H groups in total. The van der Waals surface area contributed by atoms with Crippen LogP contribution in [0.2, 0.25) is 0 Å². The number of hydrogen-bond donors (Lipinski definition) is 0. The molecule has 1 atom stereocenters. The molecule has 0 aliphatic heterocycles. The van der Waals surface area contributed by atoms with Crippen LogP contribution >= 0.6 is 34.2 Å². The Balaban J connectivity index is 2.31. The summed E-state index contributed by atoms with van der Waals surface area (Å²) in [4.78, 5) is 8.69. The van der Waals surface area contributed by atoms with E-state index in [4.69, 9.17) is 11.6 Å². The molecule has 1 aromatic carbocycles. The van der Waals surface area contributed by atoms with Gasteiger partial charge < -0.3 is 0 Å². The molecule has 0 bridgehead atoms. The predicted octanol–water partition coefficient (Wildman–Crippen LogP) is 4.32. The summed E-state index contributed by atoms with van der Waals surface area (Å²) in [5.41, 5.74) is 2.96. The molecule has 2 heterocycles. The highest BCUT2D eigenvalue weighted by molar-refractivity contribution is 14.1. The Morgan fingerprint density at radius 1 is 1.21 bits per heavy atom. The van der Waals surface area contributed by atoms with Crippen molar-refractivity contribution >= 4 is 45.2 Å². The van der Waals surface area contributed by atoms with Crippen LogP contribution in [0.3, 0.4) is 0 Å². The molecule has 3 aromatic rings. The van der Waals surface area contributed by atoms with Gasteiger partial charge in [0.15, 0.2) is 0 Å². The zero-order valence-corrected chi connectivity index (χ0v) is 13.1. The van der Waals surface area contributed by atoms with Gasteiger partial charge >= 0.3 is 0 Å². The Hall–Kier alpha value is -1.14. The lowest BCUT2D eigenvalue weighted by Gasteiger charge is -2.10. The maximum atomic E-state index is 6.26. The van der Waals surface area contributed by atoms with Crippen LogP contribution in [0, 0.1) is 3.57 Å². The van der Waals surface area contributed by atoms with E-state index >= 15 is 0 Å². The third-order valence-electron chi connectivity index (χ3n) is 2.92. The molecule has 96 valence electrons. The van der Waals surface area contributed by atoms with Gasteiger partial charge in [0.1, 0.15) is 11.3 Å². The average molecular weight is 384 g/mol. The molecule has 1 unspecified atom stereocenters. The number of hydrogen-bond acceptors (Lipinski definition) is 2. The number of imidazole rings is 1. The second-order valence-electron chi connectivity index (χ2n) is 4.26. The maximum Gasteiger partial charge on any atom is 0.132 e. The maximum absolute atomic E-state index is 6.26. The van der Waals surface area contributed by atoms with E-state index in [1.165, 1.54) is 3.57 Å². The molecule has 0 aliphatic carbocycles. The average Bonchev–Trinajstić information content (AvgIpc) is 2.79. The van der Waals surface area contributed by atoms with E-state index in [0.717, 1.165) is 22.5 Å². The Labute approximate surface area is 129 Å². The van der Waals surface area contributed by atoms with Crippen molar-refractivity contribution in [1.82, 2.24) is 14.5 Å². The summed E-state index contributed by atoms with van der Waals surface area (Å²) in [7, 11) is 0. The molecule has 3 rings (SSSR count). The fourth-order valence-corrected chi connectivity index (χ4v) is 2.59. The van der Waals surface area contributed by atoms with Crippen LogP contribution in [0.1, 0.15) is 18.1 Å². The van der Waals surface area contributed by atoms with Gasteiger partial charge in [0.05, 0.1) is 17.1 Å². The number of halogens is 2. The lowest BCUT2D eigenvalue weighted by Crippen LogP contribution is -2.01. The minimum Gasteiger partial charge on any atom is -0.295 e. The second kappa shape index (κ2) is 5.09. The monoisotopic (exact) mass is 383 g/mol. The molecule has 19 heavy (non-hydrogen) atoms. The number of pyridine rings is 1. The first-order chi connectivity index (χ1) is 9.16. The number of fused-ring (bicyclic) bond motifs is 1. The molecule has 3 nitrogen and oxygen atoms in total. The molecule has 0 amide bonds. The number of aromatic nitrogens is 3. The highest BCUT2D eigenvalue weighted by atomic mass is 127. The van der Waals surface area contributed by atoms with Crippen molar-refractivity contribution in [2.45, 2.75) is 12.3 Å². The number of alkyl halides is 1. The summed E-state index contributed by atoms with van der Waals surface area (Å²) in [6.07, 6.45) is 3.54. The van der Waals surface area contributed by atoms with E-state index in [1.54, 1.807) is 12.4 Å². The highest BCUT2D eigenvalue weighted by Gasteiger charge is 2.16. The number of benzene rings is 1. The minimum absolute atomic E-state index is 0.160. The first kappa shape index (κ1) is 12.9. The van der Waals surface area contributed by atoms with Crippen molar-refractivity contribution in [2.24, 2.45) is 0 Å². The van der Waals surface area contributed by atoms with Gasteiger partial charge in [-0.2, -0.15) is 0 Å². The lowest BCUT2D eigenvalue weighted by atomic mass is 10.3. The molecule has 0 radical (unpaired) electrons. The topological polar surface area (TPSA) is 30.7 Å². The van der Waals surface area contributed by atoms with E-state index in [1.807, 2.05) is 13.0 Å². The number of nitrogens with zero attached hydrogens (tertiary/aromatic N) is 3. The molecule has 0 fully saturated rings. The van der Waals surface area contributed by atoms with E-state index < -0.39 is 0 Å². The van der Waals surface area contributed by atoms with Gasteiger partial charge in [0, 0.05) is 15.5 Å². The first-order valence-electron chi connectivity index (χ1n) is 5.89. The van der Waals surface area contributed by atoms with E-state index in [-0.39, 0.29) is 5.38 Å². The second-order valence-corrected chi connectivity index (χ2v) is 6.16. The Bertz CT molecular complexity index is 719. The summed E-state index contributed by atoms with van der Waals surface area (Å²) < 4.78 is 3.29. The fraction of sp³-hybridized carbons (Fsp3) is 0.143. The van der Waals surface area contributed by atoms with Crippen molar-refractivity contribution in [3.8, 4) is 5.69 Å². The lowest BCUT2D eigenvalue weighted by molar-refractivity contribution is 0.882. The summed E-state index contributed by atoms with van der Waals surface area (Å²) in [5, 5.41) is -0.160. The van der Waals surface area contributed by atoms with Crippen molar-refractivity contribution in [3.05, 3.63) is 52.1 Å². The molecule has 2 aromatic heterocycles. The van der Waals surface area contributed by atoms with Crippen LogP contribution in [0.15, 0.2) is 42.7 Å². The van der Waals surface area contributed by atoms with E-state index in [9.17, 15) is 0 Å². The predicted molar refractivity (Wildman–Crippen MR) is 85.9 cm³/mol. The Morgan fingerprint density at radius 3 is 2.63 bits per heavy atom. The van der Waals surface area contributed by atoms with Gasteiger partial charge in [0.25, 0.3) is 0 Å². The first-order valence-corrected chi connectivity index (χ1v) is 7.40. The van der Waals surface area contributed by atoms with Crippen LogP contribution < -0.4 is 0 Å². The van der Waals surface area contributed by atoms with Gasteiger partial charge in [-0.15, -0.1) is 11.6 Å². The Morgan fingerprint density at radius 2 is 1.95 bits per heavy atom. The molecular weight excluding hydrogens is 373 g/mol. The minimum atomic E-state index is -0.160. The van der Waals surface area contributed by atoms with E-state index in [2.05, 4.69) is 61.4 Å². The molecule has 0 spiro atoms. The van der Waals surface area contributed by atoms with Crippen LogP contribution in [0.4, 0.5) is 0 Å². The van der Waals surface area contributed by atoms with Crippen LogP contribution in [-0.4, -0.2) is 14.5 Å². The van der Waals surface area contributed by atoms with Gasteiger partial charge in [-0.05, 0) is 59.8 Å². The molecular formula is C14H11ClIN3. The van der Waals surface area contributed by atoms with Crippen molar-refractivity contribution in [3.63, 3.8) is 0 Å². The van der Waals surface area contributed by atoms with Gasteiger partial charge in [-0.1, -0.05) is 0 Å². The van der Waals surface area contributed by atoms with Crippen molar-refractivity contribution in [2.75, 3.05) is 0 Å². The molecule has 5 heteroatoms. The summed E-state index contributed by atoms with van der Waals surface area (Å²) in [6, 6.07) is 10.3. The van der Waals surface area contributed by atoms with Crippen molar-refractivity contribution in [1.29, 1.82) is 0 Å². The summed E-state index contributed by atoms with van der Waals surface area (Å²) >= 11 is 8.55. The fourth-order valence-electron chi connectivity index (χ4n) is 2.08. The van der Waals surface area contributed by atoms with E-state index in [0.29, 0.717) is 0 Å². The molecule has 0 aliphatic rings. The smallest absolute Gasteiger partial charge is 0.132 e. The third kappa shape index (κ3) is 2.34. The zero-order valence-electron chi connectivity index (χ0n) is 10.2. The Kier molecular flexibility index (Phi) is 3.45. The van der Waals surface area contributed by atoms with Crippen LogP contribution in [0.5, 0.6) is 0 Å². The largest absolute Gasteiger partial charge is 0.295 e. The van der Waals surface area contributed by atoms with Gasteiger partial charge in [-0.3, -0.25) is 9.55 Å². The normalized spacial score (nSPS) is 12.8. The zero-order chi connectivity index (χ0) is 13.4. The SMILES string of the molecule is CC(Cl)c1nc2cnccc2n1-c1ccc(I)cc1. The van der Waals surface area contributed by atoms with Gasteiger partial charge in [-0.25, -0.2) is 4.98 Å². The highest BCUT2D eigenvalue weighted by Crippen LogP contribution is 2.27. The molecule has 0 saturated carbocycles. The van der Waals surface area contributed by atoms with Gasteiger partial charge in [0.2, 0.25) is 0 Å². The summed E-state index contributed by atoms with van der Waals surface area (Å²) in [6.45, 7) is 1.93. The standard InChI is InChI=1S/C14H11ClIN3/c1-9(15)14-18-12-8-17-7-6-13(12)19(14)11-4-2-10(16)3-5-11/h2-9H,1H3. The van der Waals surface area contributed by atoms with Crippen molar-refractivity contribution < 1.29 is 0 Å². The number of rotatable bonds is 2. The summed E-state index contributed by atoms with van der Waals surface area (Å²) in [5.74, 6) is 0.839. The quantitative estimate of drug-likeness (QED) is 0.487. The van der Waals surface area contributed by atoms with Crippen LogP contribution in [-0.2, 0) is 0 Å². The third-order valence-corrected chi connectivity index (χ3v) is 3.84.